The molecule has 2 aromatic carbocycles. The predicted octanol–water partition coefficient (Wildman–Crippen LogP) is 5.17. The molecule has 1 N–H and O–H groups in total. The first-order chi connectivity index (χ1) is 15.7. The number of ketones is 1. The fourth-order valence-corrected chi connectivity index (χ4v) is 4.16. The van der Waals surface area contributed by atoms with E-state index in [0.717, 1.165) is 11.1 Å². The Morgan fingerprint density at radius 1 is 1.03 bits per heavy atom. The molecule has 1 aliphatic heterocycles. The molecule has 6 nitrogen and oxygen atoms in total. The standard InChI is InChI=1S/C25H19F2NO5.H2/c1-14-2-8-18(28-22(14)15-3-5-16(6-4-15)23(30)31)13-21(29)24(10-11-24)17-7-9-19-20(12-17)33-25(26,27)32-19;/h2-9,12H,10-11,13H2,1H3,(H,30,31);1H. The van der Waals surface area contributed by atoms with Gasteiger partial charge in [0.1, 0.15) is 5.78 Å². The number of ether oxygens (including phenoxy) is 2. The molecular weight excluding hydrogens is 432 g/mol. The molecular formula is C25H21F2NO5. The van der Waals surface area contributed by atoms with Gasteiger partial charge >= 0.3 is 12.3 Å². The van der Waals surface area contributed by atoms with Crippen molar-refractivity contribution < 1.29 is 34.4 Å². The Bertz CT molecular complexity index is 1290. The van der Waals surface area contributed by atoms with Crippen LogP contribution in [0.25, 0.3) is 11.3 Å². The molecule has 1 aliphatic carbocycles. The number of carboxylic acid groups (broad SMARTS) is 1. The average molecular weight is 453 g/mol. The van der Waals surface area contributed by atoms with E-state index in [4.69, 9.17) is 5.11 Å². The van der Waals surface area contributed by atoms with Gasteiger partial charge in [0.25, 0.3) is 0 Å². The number of Topliss-reactive ketones (excluding diaryl/α,β-unsaturated/α-hetero) is 1. The smallest absolute Gasteiger partial charge is 0.478 e. The van der Waals surface area contributed by atoms with Crippen LogP contribution in [0.4, 0.5) is 8.78 Å². The summed E-state index contributed by atoms with van der Waals surface area (Å²) in [4.78, 5) is 29.0. The van der Waals surface area contributed by atoms with E-state index >= 15 is 0 Å². The molecule has 0 unspecified atom stereocenters. The number of aryl methyl sites for hydroxylation is 1. The first-order valence-electron chi connectivity index (χ1n) is 10.4. The number of pyridine rings is 1. The van der Waals surface area contributed by atoms with Gasteiger partial charge in [-0.2, -0.15) is 0 Å². The number of alkyl halides is 2. The number of fused-ring (bicyclic) bond motifs is 1. The monoisotopic (exact) mass is 453 g/mol. The minimum absolute atomic E-state index is 0. The number of benzene rings is 2. The zero-order valence-electron chi connectivity index (χ0n) is 17.6. The van der Waals surface area contributed by atoms with E-state index in [1.807, 2.05) is 13.0 Å². The summed E-state index contributed by atoms with van der Waals surface area (Å²) >= 11 is 0. The van der Waals surface area contributed by atoms with Gasteiger partial charge < -0.3 is 14.6 Å². The van der Waals surface area contributed by atoms with E-state index in [1.54, 1.807) is 24.3 Å². The lowest BCUT2D eigenvalue weighted by atomic mass is 9.88. The third kappa shape index (κ3) is 3.82. The van der Waals surface area contributed by atoms with Crippen molar-refractivity contribution in [2.75, 3.05) is 0 Å². The lowest BCUT2D eigenvalue weighted by molar-refractivity contribution is -0.286. The topological polar surface area (TPSA) is 85.7 Å². The fraction of sp³-hybridized carbons (Fsp3) is 0.240. The number of hydrogen-bond donors (Lipinski definition) is 1. The van der Waals surface area contributed by atoms with Gasteiger partial charge in [0, 0.05) is 19.1 Å². The Morgan fingerprint density at radius 3 is 2.39 bits per heavy atom. The van der Waals surface area contributed by atoms with Crippen molar-refractivity contribution in [3.8, 4) is 22.8 Å². The second-order valence-electron chi connectivity index (χ2n) is 8.36. The molecule has 3 aromatic rings. The van der Waals surface area contributed by atoms with Gasteiger partial charge in [-0.1, -0.05) is 24.3 Å². The SMILES string of the molecule is Cc1ccc(CC(=O)C2(c3ccc4c(c3)OC(F)(F)O4)CC2)nc1-c1ccc(C(=O)O)cc1.[HH]. The molecule has 0 saturated heterocycles. The summed E-state index contributed by atoms with van der Waals surface area (Å²) in [6, 6.07) is 14.6. The zero-order chi connectivity index (χ0) is 23.4. The highest BCUT2D eigenvalue weighted by Crippen LogP contribution is 2.52. The molecule has 0 radical (unpaired) electrons. The van der Waals surface area contributed by atoms with Crippen LogP contribution in [0, 0.1) is 6.92 Å². The van der Waals surface area contributed by atoms with Crippen molar-refractivity contribution in [1.29, 1.82) is 0 Å². The number of carbonyl (C=O) groups excluding carboxylic acids is 1. The summed E-state index contributed by atoms with van der Waals surface area (Å²) in [6.45, 7) is 1.89. The van der Waals surface area contributed by atoms with E-state index in [0.29, 0.717) is 29.8 Å². The highest BCUT2D eigenvalue weighted by atomic mass is 19.3. The van der Waals surface area contributed by atoms with E-state index in [-0.39, 0.29) is 30.7 Å². The summed E-state index contributed by atoms with van der Waals surface area (Å²) in [5.41, 5.74) is 2.97. The molecule has 0 amide bonds. The molecule has 0 spiro atoms. The summed E-state index contributed by atoms with van der Waals surface area (Å²) in [5, 5.41) is 9.09. The lowest BCUT2D eigenvalue weighted by Crippen LogP contribution is -2.26. The van der Waals surface area contributed by atoms with Gasteiger partial charge in [-0.25, -0.2) is 4.79 Å². The number of halogens is 2. The van der Waals surface area contributed by atoms with Gasteiger partial charge in [0.05, 0.1) is 16.7 Å². The first kappa shape index (κ1) is 21.1. The van der Waals surface area contributed by atoms with Crippen LogP contribution in [0.2, 0.25) is 0 Å². The number of hydrogen-bond acceptors (Lipinski definition) is 5. The third-order valence-corrected chi connectivity index (χ3v) is 6.14. The minimum atomic E-state index is -3.70. The molecule has 170 valence electrons. The van der Waals surface area contributed by atoms with Crippen molar-refractivity contribution in [3.63, 3.8) is 0 Å². The van der Waals surface area contributed by atoms with E-state index in [2.05, 4.69) is 14.5 Å². The van der Waals surface area contributed by atoms with Gasteiger partial charge in [0.15, 0.2) is 11.5 Å². The van der Waals surface area contributed by atoms with Gasteiger partial charge in [-0.15, -0.1) is 8.78 Å². The van der Waals surface area contributed by atoms with Crippen LogP contribution in [0.1, 0.15) is 41.4 Å². The number of carbonyl (C=O) groups is 2. The van der Waals surface area contributed by atoms with Crippen molar-refractivity contribution in [3.05, 3.63) is 77.0 Å². The largest absolute Gasteiger partial charge is 0.586 e. The lowest BCUT2D eigenvalue weighted by Gasteiger charge is -2.15. The highest BCUT2D eigenvalue weighted by Gasteiger charge is 2.52. The van der Waals surface area contributed by atoms with Crippen LogP contribution in [-0.2, 0) is 16.6 Å². The highest BCUT2D eigenvalue weighted by molar-refractivity contribution is 5.94. The number of nitrogens with zero attached hydrogens (tertiary/aromatic N) is 1. The normalized spacial score (nSPS) is 16.9. The molecule has 1 fully saturated rings. The van der Waals surface area contributed by atoms with Crippen LogP contribution in [0.3, 0.4) is 0 Å². The molecule has 5 rings (SSSR count). The van der Waals surface area contributed by atoms with E-state index in [1.165, 1.54) is 24.3 Å². The van der Waals surface area contributed by atoms with Crippen LogP contribution in [0.5, 0.6) is 11.5 Å². The van der Waals surface area contributed by atoms with Crippen molar-refractivity contribution >= 4 is 11.8 Å². The molecule has 8 heteroatoms. The Labute approximate surface area is 189 Å². The molecule has 2 heterocycles. The first-order valence-corrected chi connectivity index (χ1v) is 10.4. The molecule has 1 aromatic heterocycles. The summed E-state index contributed by atoms with van der Waals surface area (Å²) in [7, 11) is 0. The Balaban J connectivity index is 0.00000274. The van der Waals surface area contributed by atoms with Crippen LogP contribution in [-0.4, -0.2) is 28.1 Å². The summed E-state index contributed by atoms with van der Waals surface area (Å²) in [5.74, 6) is -1.17. The van der Waals surface area contributed by atoms with Gasteiger partial charge in [-0.3, -0.25) is 9.78 Å². The maximum absolute atomic E-state index is 13.4. The van der Waals surface area contributed by atoms with E-state index in [9.17, 15) is 18.4 Å². The second kappa shape index (κ2) is 7.37. The number of carboxylic acids is 1. The Kier molecular flexibility index (Phi) is 4.70. The van der Waals surface area contributed by atoms with Gasteiger partial charge in [0.2, 0.25) is 0 Å². The maximum atomic E-state index is 13.4. The Morgan fingerprint density at radius 2 is 1.73 bits per heavy atom. The molecule has 0 atom stereocenters. The molecule has 1 saturated carbocycles. The Hall–Kier alpha value is -3.81. The molecule has 0 bridgehead atoms. The van der Waals surface area contributed by atoms with Crippen molar-refractivity contribution in [1.82, 2.24) is 4.98 Å². The zero-order valence-corrected chi connectivity index (χ0v) is 17.6. The summed E-state index contributed by atoms with van der Waals surface area (Å²) in [6.07, 6.45) is -2.37. The summed E-state index contributed by atoms with van der Waals surface area (Å²) < 4.78 is 35.7. The fourth-order valence-electron chi connectivity index (χ4n) is 4.16. The van der Waals surface area contributed by atoms with Gasteiger partial charge in [-0.05, 0) is 61.2 Å². The number of rotatable bonds is 6. The second-order valence-corrected chi connectivity index (χ2v) is 8.36. The van der Waals surface area contributed by atoms with E-state index < -0.39 is 17.7 Å². The van der Waals surface area contributed by atoms with Crippen molar-refractivity contribution in [2.45, 2.75) is 37.9 Å². The predicted molar refractivity (Wildman–Crippen MR) is 116 cm³/mol. The van der Waals surface area contributed by atoms with Crippen LogP contribution in [0.15, 0.2) is 54.6 Å². The van der Waals surface area contributed by atoms with Crippen LogP contribution >= 0.6 is 0 Å². The number of aromatic carboxylic acids is 1. The maximum Gasteiger partial charge on any atom is 0.586 e. The molecule has 2 aliphatic rings. The molecule has 33 heavy (non-hydrogen) atoms. The van der Waals surface area contributed by atoms with Crippen molar-refractivity contribution in [2.24, 2.45) is 0 Å². The average Bonchev–Trinajstić information content (AvgIpc) is 3.52. The quantitative estimate of drug-likeness (QED) is 0.555. The van der Waals surface area contributed by atoms with Crippen LogP contribution < -0.4 is 9.47 Å². The third-order valence-electron chi connectivity index (χ3n) is 6.14. The number of aromatic nitrogens is 1. The minimum Gasteiger partial charge on any atom is -0.478 e.